The fourth-order valence-electron chi connectivity index (χ4n) is 1.84. The highest BCUT2D eigenvalue weighted by atomic mass is 16.5. The summed E-state index contributed by atoms with van der Waals surface area (Å²) in [5, 5.41) is 0. The van der Waals surface area contributed by atoms with E-state index in [1.54, 1.807) is 0 Å². The molecular formula is C14H20O2. The normalized spacial score (nSPS) is 20.1. The van der Waals surface area contributed by atoms with Crippen molar-refractivity contribution in [2.45, 2.75) is 45.3 Å². The molecule has 2 heteroatoms. The molecule has 1 aliphatic rings. The maximum atomic E-state index is 5.90. The number of hydrogen-bond acceptors (Lipinski definition) is 2. The molecule has 1 aliphatic heterocycles. The number of rotatable bonds is 2. The monoisotopic (exact) mass is 220 g/mol. The Morgan fingerprint density at radius 2 is 2.06 bits per heavy atom. The van der Waals surface area contributed by atoms with Gasteiger partial charge >= 0.3 is 0 Å². The topological polar surface area (TPSA) is 18.5 Å². The molecule has 2 nitrogen and oxygen atoms in total. The first kappa shape index (κ1) is 11.5. The van der Waals surface area contributed by atoms with E-state index in [2.05, 4.69) is 32.9 Å². The lowest BCUT2D eigenvalue weighted by Gasteiger charge is -2.29. The molecule has 0 fully saturated rings. The zero-order valence-corrected chi connectivity index (χ0v) is 10.3. The van der Waals surface area contributed by atoms with E-state index >= 15 is 0 Å². The molecule has 0 saturated carbocycles. The smallest absolute Gasteiger partial charge is 0.123 e. The fraction of sp³-hybridized carbons (Fsp3) is 0.571. The Labute approximate surface area is 97.6 Å². The van der Waals surface area contributed by atoms with Gasteiger partial charge in [0.25, 0.3) is 0 Å². The maximum absolute atomic E-state index is 5.90. The summed E-state index contributed by atoms with van der Waals surface area (Å²) < 4.78 is 11.7. The first-order chi connectivity index (χ1) is 7.54. The van der Waals surface area contributed by atoms with E-state index in [1.165, 1.54) is 5.56 Å². The summed E-state index contributed by atoms with van der Waals surface area (Å²) in [7, 11) is 0. The largest absolute Gasteiger partial charge is 0.488 e. The number of fused-ring (bicyclic) bond motifs is 1. The van der Waals surface area contributed by atoms with Gasteiger partial charge in [0.2, 0.25) is 0 Å². The third-order valence-corrected chi connectivity index (χ3v) is 2.70. The molecule has 0 N–H and O–H groups in total. The van der Waals surface area contributed by atoms with Crippen LogP contribution in [-0.2, 0) is 11.2 Å². The number of benzene rings is 1. The molecular weight excluding hydrogens is 200 g/mol. The lowest BCUT2D eigenvalue weighted by molar-refractivity contribution is -0.0459. The molecule has 88 valence electrons. The van der Waals surface area contributed by atoms with E-state index in [4.69, 9.17) is 9.47 Å². The lowest BCUT2D eigenvalue weighted by atomic mass is 10.0. The number of ether oxygens (including phenoxy) is 2. The van der Waals surface area contributed by atoms with Crippen LogP contribution in [0.25, 0.3) is 0 Å². The quantitative estimate of drug-likeness (QED) is 0.762. The SMILES string of the molecule is CC(C)(C)OCC1CCc2ccccc2O1. The van der Waals surface area contributed by atoms with Crippen LogP contribution in [0.15, 0.2) is 24.3 Å². The molecule has 1 atom stereocenters. The van der Waals surface area contributed by atoms with Gasteiger partial charge in [-0.2, -0.15) is 0 Å². The molecule has 0 radical (unpaired) electrons. The maximum Gasteiger partial charge on any atom is 0.123 e. The van der Waals surface area contributed by atoms with Crippen molar-refractivity contribution in [2.75, 3.05) is 6.61 Å². The summed E-state index contributed by atoms with van der Waals surface area (Å²) in [6.07, 6.45) is 2.34. The second kappa shape index (κ2) is 4.46. The van der Waals surface area contributed by atoms with Gasteiger partial charge in [-0.25, -0.2) is 0 Å². The highest BCUT2D eigenvalue weighted by molar-refractivity contribution is 5.35. The summed E-state index contributed by atoms with van der Waals surface area (Å²) in [5.41, 5.74) is 1.23. The number of hydrogen-bond donors (Lipinski definition) is 0. The molecule has 0 amide bonds. The molecule has 0 aliphatic carbocycles. The van der Waals surface area contributed by atoms with Gasteiger partial charge in [0, 0.05) is 0 Å². The Kier molecular flexibility index (Phi) is 3.20. The minimum atomic E-state index is -0.0830. The summed E-state index contributed by atoms with van der Waals surface area (Å²) in [5.74, 6) is 1.02. The van der Waals surface area contributed by atoms with Crippen LogP contribution in [-0.4, -0.2) is 18.3 Å². The second-order valence-electron chi connectivity index (χ2n) is 5.31. The standard InChI is InChI=1S/C14H20O2/c1-14(2,3)15-10-12-9-8-11-6-4-5-7-13(11)16-12/h4-7,12H,8-10H2,1-3H3. The van der Waals surface area contributed by atoms with Gasteiger partial charge in [-0.1, -0.05) is 18.2 Å². The third-order valence-electron chi connectivity index (χ3n) is 2.70. The summed E-state index contributed by atoms with van der Waals surface area (Å²) in [6.45, 7) is 6.90. The van der Waals surface area contributed by atoms with Gasteiger partial charge in [0.15, 0.2) is 0 Å². The predicted octanol–water partition coefficient (Wildman–Crippen LogP) is 3.20. The molecule has 1 heterocycles. The van der Waals surface area contributed by atoms with Crippen molar-refractivity contribution in [1.82, 2.24) is 0 Å². The van der Waals surface area contributed by atoms with Crippen molar-refractivity contribution < 1.29 is 9.47 Å². The van der Waals surface area contributed by atoms with Crippen LogP contribution in [0.3, 0.4) is 0 Å². The Morgan fingerprint density at radius 1 is 1.31 bits per heavy atom. The molecule has 0 saturated heterocycles. The Balaban J connectivity index is 1.93. The van der Waals surface area contributed by atoms with E-state index in [0.717, 1.165) is 18.6 Å². The highest BCUT2D eigenvalue weighted by Crippen LogP contribution is 2.27. The average Bonchev–Trinajstić information content (AvgIpc) is 2.25. The van der Waals surface area contributed by atoms with Crippen LogP contribution in [0.5, 0.6) is 5.75 Å². The predicted molar refractivity (Wildman–Crippen MR) is 64.9 cm³/mol. The summed E-state index contributed by atoms with van der Waals surface area (Å²) >= 11 is 0. The van der Waals surface area contributed by atoms with Crippen LogP contribution in [0.2, 0.25) is 0 Å². The first-order valence-electron chi connectivity index (χ1n) is 5.93. The first-order valence-corrected chi connectivity index (χ1v) is 5.93. The van der Waals surface area contributed by atoms with Gasteiger partial charge in [0.1, 0.15) is 11.9 Å². The van der Waals surface area contributed by atoms with Crippen LogP contribution < -0.4 is 4.74 Å². The fourth-order valence-corrected chi connectivity index (χ4v) is 1.84. The Bertz CT molecular complexity index is 352. The molecule has 0 bridgehead atoms. The Morgan fingerprint density at radius 3 is 2.81 bits per heavy atom. The highest BCUT2D eigenvalue weighted by Gasteiger charge is 2.21. The molecule has 0 spiro atoms. The van der Waals surface area contributed by atoms with E-state index in [9.17, 15) is 0 Å². The van der Waals surface area contributed by atoms with Gasteiger partial charge in [-0.05, 0) is 45.2 Å². The van der Waals surface area contributed by atoms with E-state index in [-0.39, 0.29) is 11.7 Å². The van der Waals surface area contributed by atoms with Crippen molar-refractivity contribution >= 4 is 0 Å². The van der Waals surface area contributed by atoms with Crippen LogP contribution in [0, 0.1) is 0 Å². The van der Waals surface area contributed by atoms with E-state index in [0.29, 0.717) is 6.61 Å². The minimum Gasteiger partial charge on any atom is -0.488 e. The van der Waals surface area contributed by atoms with Crippen molar-refractivity contribution in [3.05, 3.63) is 29.8 Å². The minimum absolute atomic E-state index is 0.0830. The number of para-hydroxylation sites is 1. The van der Waals surface area contributed by atoms with Crippen LogP contribution >= 0.6 is 0 Å². The average molecular weight is 220 g/mol. The van der Waals surface area contributed by atoms with Gasteiger partial charge in [-0.3, -0.25) is 0 Å². The molecule has 2 rings (SSSR count). The molecule has 0 aromatic heterocycles. The summed E-state index contributed by atoms with van der Waals surface area (Å²) in [6, 6.07) is 8.26. The third kappa shape index (κ3) is 2.99. The van der Waals surface area contributed by atoms with Gasteiger partial charge < -0.3 is 9.47 Å². The zero-order chi connectivity index (χ0) is 11.6. The van der Waals surface area contributed by atoms with Crippen molar-refractivity contribution in [2.24, 2.45) is 0 Å². The van der Waals surface area contributed by atoms with E-state index in [1.807, 2.05) is 12.1 Å². The lowest BCUT2D eigenvalue weighted by Crippen LogP contribution is -2.32. The van der Waals surface area contributed by atoms with Gasteiger partial charge in [-0.15, -0.1) is 0 Å². The Hall–Kier alpha value is -1.02. The van der Waals surface area contributed by atoms with E-state index < -0.39 is 0 Å². The van der Waals surface area contributed by atoms with Crippen molar-refractivity contribution in [3.8, 4) is 5.75 Å². The second-order valence-corrected chi connectivity index (χ2v) is 5.31. The number of aryl methyl sites for hydroxylation is 1. The van der Waals surface area contributed by atoms with Crippen LogP contribution in [0.1, 0.15) is 32.8 Å². The molecule has 16 heavy (non-hydrogen) atoms. The molecule has 1 unspecified atom stereocenters. The van der Waals surface area contributed by atoms with Gasteiger partial charge in [0.05, 0.1) is 12.2 Å². The molecule has 1 aromatic rings. The van der Waals surface area contributed by atoms with Crippen LogP contribution in [0.4, 0.5) is 0 Å². The van der Waals surface area contributed by atoms with Crippen molar-refractivity contribution in [1.29, 1.82) is 0 Å². The summed E-state index contributed by atoms with van der Waals surface area (Å²) in [4.78, 5) is 0. The zero-order valence-electron chi connectivity index (χ0n) is 10.3. The molecule has 1 aromatic carbocycles. The van der Waals surface area contributed by atoms with Crippen molar-refractivity contribution in [3.63, 3.8) is 0 Å².